The van der Waals surface area contributed by atoms with Gasteiger partial charge in [0, 0.05) is 44.6 Å². The van der Waals surface area contributed by atoms with Gasteiger partial charge in [-0.1, -0.05) is 20.8 Å². The number of carbonyl (C=O) groups is 1. The summed E-state index contributed by atoms with van der Waals surface area (Å²) < 4.78 is 0. The van der Waals surface area contributed by atoms with Crippen molar-refractivity contribution in [3.8, 4) is 0 Å². The highest BCUT2D eigenvalue weighted by Crippen LogP contribution is 2.39. The van der Waals surface area contributed by atoms with Gasteiger partial charge in [-0.15, -0.1) is 0 Å². The van der Waals surface area contributed by atoms with E-state index in [0.29, 0.717) is 23.0 Å². The first-order valence-electron chi connectivity index (χ1n) is 8.92. The molecule has 3 atom stereocenters. The van der Waals surface area contributed by atoms with E-state index in [1.165, 1.54) is 39.0 Å². The van der Waals surface area contributed by atoms with Gasteiger partial charge in [0.15, 0.2) is 0 Å². The van der Waals surface area contributed by atoms with Gasteiger partial charge in [0.2, 0.25) is 0 Å². The molecule has 0 bridgehead atoms. The van der Waals surface area contributed by atoms with E-state index in [1.807, 2.05) is 0 Å². The smallest absolute Gasteiger partial charge is 0.137 e. The third kappa shape index (κ3) is 3.50. The Bertz CT molecular complexity index is 387. The van der Waals surface area contributed by atoms with Gasteiger partial charge < -0.3 is 0 Å². The standard InChI is InChI=1S/C18H32N2O/c1-18(2,3)15-6-7-17(21)14(11-15)12-19-9-10-20-8-4-5-16(20)13-19/h14-16H,4-13H2,1-3H3. The fourth-order valence-electron chi connectivity index (χ4n) is 4.61. The highest BCUT2D eigenvalue weighted by Gasteiger charge is 2.37. The van der Waals surface area contributed by atoms with E-state index in [4.69, 9.17) is 0 Å². The second kappa shape index (κ2) is 6.00. The SMILES string of the molecule is CC(C)(C)C1CCC(=O)C(CN2CCN3CCCC3C2)C1. The first-order chi connectivity index (χ1) is 9.93. The van der Waals surface area contributed by atoms with Crippen LogP contribution >= 0.6 is 0 Å². The van der Waals surface area contributed by atoms with Crippen molar-refractivity contribution in [2.75, 3.05) is 32.7 Å². The second-order valence-electron chi connectivity index (χ2n) is 8.59. The van der Waals surface area contributed by atoms with Crippen molar-refractivity contribution >= 4 is 5.78 Å². The zero-order chi connectivity index (χ0) is 15.0. The van der Waals surface area contributed by atoms with Crippen LogP contribution in [-0.2, 0) is 4.79 Å². The van der Waals surface area contributed by atoms with Crippen LogP contribution < -0.4 is 0 Å². The predicted molar refractivity (Wildman–Crippen MR) is 86.3 cm³/mol. The number of carbonyl (C=O) groups excluding carboxylic acids is 1. The van der Waals surface area contributed by atoms with Gasteiger partial charge in [-0.05, 0) is 43.6 Å². The van der Waals surface area contributed by atoms with Crippen LogP contribution in [0.5, 0.6) is 0 Å². The molecule has 0 aromatic carbocycles. The lowest BCUT2D eigenvalue weighted by Gasteiger charge is -2.42. The minimum atomic E-state index is 0.302. The average Bonchev–Trinajstić information content (AvgIpc) is 2.87. The first kappa shape index (κ1) is 15.5. The molecular weight excluding hydrogens is 260 g/mol. The maximum Gasteiger partial charge on any atom is 0.137 e. The molecule has 21 heavy (non-hydrogen) atoms. The van der Waals surface area contributed by atoms with Gasteiger partial charge in [-0.2, -0.15) is 0 Å². The Morgan fingerprint density at radius 1 is 1.14 bits per heavy atom. The lowest BCUT2D eigenvalue weighted by atomic mass is 9.68. The summed E-state index contributed by atoms with van der Waals surface area (Å²) in [6, 6.07) is 0.774. The van der Waals surface area contributed by atoms with E-state index in [-0.39, 0.29) is 0 Å². The third-order valence-corrected chi connectivity index (χ3v) is 6.14. The van der Waals surface area contributed by atoms with Crippen molar-refractivity contribution in [2.24, 2.45) is 17.3 Å². The summed E-state index contributed by atoms with van der Waals surface area (Å²) in [6.07, 6.45) is 5.77. The molecule has 0 aromatic rings. The average molecular weight is 292 g/mol. The molecule has 3 unspecified atom stereocenters. The van der Waals surface area contributed by atoms with Crippen molar-refractivity contribution in [3.05, 3.63) is 0 Å². The summed E-state index contributed by atoms with van der Waals surface area (Å²) in [6.45, 7) is 12.9. The Labute approximate surface area is 130 Å². The molecule has 0 aromatic heterocycles. The molecule has 2 saturated heterocycles. The maximum atomic E-state index is 12.3. The molecule has 2 aliphatic heterocycles. The number of rotatable bonds is 2. The zero-order valence-electron chi connectivity index (χ0n) is 14.1. The predicted octanol–water partition coefficient (Wildman–Crippen LogP) is 2.80. The molecular formula is C18H32N2O. The number of ketones is 1. The van der Waals surface area contributed by atoms with Crippen molar-refractivity contribution < 1.29 is 4.79 Å². The van der Waals surface area contributed by atoms with E-state index in [0.717, 1.165) is 31.8 Å². The molecule has 3 fully saturated rings. The number of hydrogen-bond acceptors (Lipinski definition) is 3. The number of hydrogen-bond donors (Lipinski definition) is 0. The highest BCUT2D eigenvalue weighted by molar-refractivity contribution is 5.82. The fraction of sp³-hybridized carbons (Fsp3) is 0.944. The largest absolute Gasteiger partial charge is 0.300 e. The summed E-state index contributed by atoms with van der Waals surface area (Å²) in [7, 11) is 0. The van der Waals surface area contributed by atoms with Crippen LogP contribution in [-0.4, -0.2) is 54.3 Å². The Kier molecular flexibility index (Phi) is 4.42. The Morgan fingerprint density at radius 2 is 1.95 bits per heavy atom. The minimum absolute atomic E-state index is 0.302. The normalized spacial score (nSPS) is 36.0. The van der Waals surface area contributed by atoms with Crippen LogP contribution in [0.4, 0.5) is 0 Å². The molecule has 3 heteroatoms. The number of piperazine rings is 1. The molecule has 1 aliphatic carbocycles. The summed E-state index contributed by atoms with van der Waals surface area (Å²) in [5.41, 5.74) is 0.350. The van der Waals surface area contributed by atoms with Gasteiger partial charge >= 0.3 is 0 Å². The van der Waals surface area contributed by atoms with Gasteiger partial charge in [-0.25, -0.2) is 0 Å². The molecule has 3 rings (SSSR count). The Hall–Kier alpha value is -0.410. The molecule has 0 amide bonds. The number of fused-ring (bicyclic) bond motifs is 1. The van der Waals surface area contributed by atoms with Gasteiger partial charge in [-0.3, -0.25) is 14.6 Å². The van der Waals surface area contributed by atoms with E-state index < -0.39 is 0 Å². The molecule has 3 nitrogen and oxygen atoms in total. The van der Waals surface area contributed by atoms with Gasteiger partial charge in [0.25, 0.3) is 0 Å². The molecule has 2 heterocycles. The fourth-order valence-corrected chi connectivity index (χ4v) is 4.61. The quantitative estimate of drug-likeness (QED) is 0.782. The monoisotopic (exact) mass is 292 g/mol. The Morgan fingerprint density at radius 3 is 2.71 bits per heavy atom. The van der Waals surface area contributed by atoms with E-state index in [1.54, 1.807) is 0 Å². The van der Waals surface area contributed by atoms with Crippen molar-refractivity contribution in [3.63, 3.8) is 0 Å². The van der Waals surface area contributed by atoms with Crippen molar-refractivity contribution in [1.29, 1.82) is 0 Å². The molecule has 0 N–H and O–H groups in total. The van der Waals surface area contributed by atoms with Crippen LogP contribution in [0.1, 0.15) is 52.9 Å². The summed E-state index contributed by atoms with van der Waals surface area (Å²) >= 11 is 0. The molecule has 0 spiro atoms. The number of Topliss-reactive ketones (excluding diaryl/α,β-unsaturated/α-hetero) is 1. The van der Waals surface area contributed by atoms with Crippen molar-refractivity contribution in [2.45, 2.75) is 58.9 Å². The van der Waals surface area contributed by atoms with Crippen molar-refractivity contribution in [1.82, 2.24) is 9.80 Å². The molecule has 0 radical (unpaired) electrons. The van der Waals surface area contributed by atoms with E-state index >= 15 is 0 Å². The van der Waals surface area contributed by atoms with Crippen LogP contribution in [0.15, 0.2) is 0 Å². The van der Waals surface area contributed by atoms with E-state index in [2.05, 4.69) is 30.6 Å². The molecule has 1 saturated carbocycles. The summed E-state index contributed by atoms with van der Waals surface area (Å²) in [4.78, 5) is 17.6. The van der Waals surface area contributed by atoms with Crippen LogP contribution in [0, 0.1) is 17.3 Å². The topological polar surface area (TPSA) is 23.6 Å². The lowest BCUT2D eigenvalue weighted by Crippen LogP contribution is -2.52. The summed E-state index contributed by atoms with van der Waals surface area (Å²) in [5, 5.41) is 0. The maximum absolute atomic E-state index is 12.3. The van der Waals surface area contributed by atoms with Gasteiger partial charge in [0.05, 0.1) is 0 Å². The van der Waals surface area contributed by atoms with Gasteiger partial charge in [0.1, 0.15) is 5.78 Å². The van der Waals surface area contributed by atoms with Crippen LogP contribution in [0.3, 0.4) is 0 Å². The van der Waals surface area contributed by atoms with Crippen LogP contribution in [0.25, 0.3) is 0 Å². The van der Waals surface area contributed by atoms with E-state index in [9.17, 15) is 4.79 Å². The summed E-state index contributed by atoms with van der Waals surface area (Å²) in [5.74, 6) is 1.55. The third-order valence-electron chi connectivity index (χ3n) is 6.14. The van der Waals surface area contributed by atoms with Crippen LogP contribution in [0.2, 0.25) is 0 Å². The molecule has 120 valence electrons. The lowest BCUT2D eigenvalue weighted by molar-refractivity contribution is -0.127. The first-order valence-corrected chi connectivity index (χ1v) is 8.92. The minimum Gasteiger partial charge on any atom is -0.300 e. The highest BCUT2D eigenvalue weighted by atomic mass is 16.1. The zero-order valence-corrected chi connectivity index (χ0v) is 14.1. The Balaban J connectivity index is 1.57. The molecule has 3 aliphatic rings. The second-order valence-corrected chi connectivity index (χ2v) is 8.59. The number of nitrogens with zero attached hydrogens (tertiary/aromatic N) is 2.